The molecule has 220 valence electrons. The third-order valence-electron chi connectivity index (χ3n) is 11.7. The van der Waals surface area contributed by atoms with Gasteiger partial charge in [0.2, 0.25) is 0 Å². The maximum absolute atomic E-state index is 11.7. The van der Waals surface area contributed by atoms with Gasteiger partial charge in [-0.1, -0.05) is 39.8 Å². The topological polar surface area (TPSA) is 165 Å². The van der Waals surface area contributed by atoms with Crippen molar-refractivity contribution in [2.75, 3.05) is 6.61 Å². The monoisotopic (exact) mass is 560 g/mol. The summed E-state index contributed by atoms with van der Waals surface area (Å²) in [5.74, 6) is 0.0304. The van der Waals surface area contributed by atoms with Gasteiger partial charge in [0.1, 0.15) is 0 Å². The van der Waals surface area contributed by atoms with Crippen LogP contribution in [0.5, 0.6) is 0 Å². The quantitative estimate of drug-likeness (QED) is 0.203. The number of allylic oxidation sites excluding steroid dienone is 1. The van der Waals surface area contributed by atoms with Crippen molar-refractivity contribution in [3.05, 3.63) is 12.2 Å². The third-order valence-corrected chi connectivity index (χ3v) is 12.1. The molecule has 0 heterocycles. The van der Waals surface area contributed by atoms with Gasteiger partial charge < -0.3 is 25.5 Å². The fourth-order valence-electron chi connectivity index (χ4n) is 9.20. The molecule has 4 aliphatic rings. The summed E-state index contributed by atoms with van der Waals surface area (Å²) in [6.45, 7) is 9.06. The van der Waals surface area contributed by atoms with E-state index in [1.54, 1.807) is 6.92 Å². The molecule has 6 N–H and O–H groups in total. The first kappa shape index (κ1) is 30.4. The van der Waals surface area contributed by atoms with Gasteiger partial charge in [0.25, 0.3) is 0 Å². The van der Waals surface area contributed by atoms with Gasteiger partial charge >= 0.3 is 10.4 Å². The molecule has 0 spiro atoms. The van der Waals surface area contributed by atoms with E-state index in [0.29, 0.717) is 25.7 Å². The maximum atomic E-state index is 11.7. The molecule has 0 bridgehead atoms. The van der Waals surface area contributed by atoms with Crippen LogP contribution >= 0.6 is 0 Å². The van der Waals surface area contributed by atoms with E-state index < -0.39 is 57.9 Å². The first-order valence-electron chi connectivity index (χ1n) is 14.1. The van der Waals surface area contributed by atoms with Crippen LogP contribution in [0.4, 0.5) is 0 Å². The lowest BCUT2D eigenvalue weighted by atomic mass is 9.42. The Kier molecular flexibility index (Phi) is 8.03. The summed E-state index contributed by atoms with van der Waals surface area (Å²) in [5, 5.41) is 55.3. The number of aliphatic hydroxyl groups excluding tert-OH is 3. The maximum Gasteiger partial charge on any atom is 0.397 e. The molecule has 0 saturated heterocycles. The second-order valence-corrected chi connectivity index (χ2v) is 14.9. The predicted molar refractivity (Wildman–Crippen MR) is 141 cm³/mol. The van der Waals surface area contributed by atoms with Crippen LogP contribution in [-0.4, -0.2) is 74.6 Å². The van der Waals surface area contributed by atoms with E-state index in [9.17, 15) is 34.0 Å². The van der Waals surface area contributed by atoms with E-state index in [2.05, 4.69) is 25.0 Å². The Labute approximate surface area is 227 Å². The highest BCUT2D eigenvalue weighted by atomic mass is 32.3. The molecular weight excluding hydrogens is 512 g/mol. The molecule has 0 radical (unpaired) electrons. The van der Waals surface area contributed by atoms with Gasteiger partial charge in [-0.2, -0.15) is 8.42 Å². The van der Waals surface area contributed by atoms with Crippen molar-refractivity contribution in [1.29, 1.82) is 0 Å². The first-order chi connectivity index (χ1) is 17.4. The summed E-state index contributed by atoms with van der Waals surface area (Å²) in [6, 6.07) is 0. The zero-order valence-corrected chi connectivity index (χ0v) is 24.1. The fourth-order valence-corrected chi connectivity index (χ4v) is 9.59. The number of hydrogen-bond donors (Lipinski definition) is 6. The molecule has 0 amide bonds. The minimum atomic E-state index is -4.65. The normalized spacial score (nSPS) is 48.6. The highest BCUT2D eigenvalue weighted by Gasteiger charge is 2.68. The molecule has 3 unspecified atom stereocenters. The van der Waals surface area contributed by atoms with E-state index in [1.807, 2.05) is 12.2 Å². The molecular formula is C28H48O9S. The molecule has 38 heavy (non-hydrogen) atoms. The Morgan fingerprint density at radius 1 is 1.08 bits per heavy atom. The van der Waals surface area contributed by atoms with Gasteiger partial charge in [-0.15, -0.1) is 0 Å². The molecule has 0 aromatic rings. The highest BCUT2D eigenvalue weighted by molar-refractivity contribution is 7.80. The van der Waals surface area contributed by atoms with Crippen molar-refractivity contribution in [1.82, 2.24) is 0 Å². The Hall–Kier alpha value is -0.590. The van der Waals surface area contributed by atoms with Crippen LogP contribution in [0.3, 0.4) is 0 Å². The molecule has 4 aliphatic carbocycles. The van der Waals surface area contributed by atoms with Crippen LogP contribution in [0.25, 0.3) is 0 Å². The van der Waals surface area contributed by atoms with Gasteiger partial charge in [0.15, 0.2) is 0 Å². The molecule has 0 aromatic carbocycles. The van der Waals surface area contributed by atoms with Gasteiger partial charge in [-0.3, -0.25) is 4.55 Å². The van der Waals surface area contributed by atoms with Gasteiger partial charge in [-0.25, -0.2) is 4.18 Å². The van der Waals surface area contributed by atoms with Gasteiger partial charge in [-0.05, 0) is 80.5 Å². The van der Waals surface area contributed by atoms with Crippen LogP contribution in [0, 0.1) is 46.3 Å². The lowest BCUT2D eigenvalue weighted by Gasteiger charge is -2.65. The summed E-state index contributed by atoms with van der Waals surface area (Å²) in [6.07, 6.45) is 6.10. The third kappa shape index (κ3) is 5.02. The number of aliphatic hydroxyl groups is 5. The first-order valence-corrected chi connectivity index (χ1v) is 15.5. The Bertz CT molecular complexity index is 1010. The van der Waals surface area contributed by atoms with E-state index >= 15 is 0 Å². The zero-order valence-electron chi connectivity index (χ0n) is 23.3. The van der Waals surface area contributed by atoms with Crippen molar-refractivity contribution in [2.45, 2.75) is 109 Å². The van der Waals surface area contributed by atoms with Crippen LogP contribution in [0.15, 0.2) is 12.2 Å². The van der Waals surface area contributed by atoms with Crippen molar-refractivity contribution in [2.24, 2.45) is 46.3 Å². The molecule has 13 atom stereocenters. The molecule has 0 aliphatic heterocycles. The number of rotatable bonds is 7. The Balaban J connectivity index is 1.52. The second kappa shape index (κ2) is 10.0. The zero-order chi connectivity index (χ0) is 28.5. The van der Waals surface area contributed by atoms with Gasteiger partial charge in [0, 0.05) is 17.8 Å². The standard InChI is InChI=1S/C28H48O9S/c1-16(6-7-17(2)27(5,32)15-37-38(34,35)36)21-13-22(30)24-19-12-23(31)28(33)14-18(29)8-11-26(28,4)20(19)9-10-25(21,24)3/h6-7,16-24,29-33H,8-15H2,1-5H3,(H,34,35,36)/b7-6+/t16-,17?,18+,19-,20?,21-,22+,23-,24-,25-,26-,27?,28+/m1/s1. The molecule has 0 aromatic heterocycles. The minimum absolute atomic E-state index is 0.00586. The summed E-state index contributed by atoms with van der Waals surface area (Å²) < 4.78 is 35.1. The fraction of sp³-hybridized carbons (Fsp3) is 0.929. The largest absolute Gasteiger partial charge is 0.397 e. The van der Waals surface area contributed by atoms with Crippen LogP contribution in [-0.2, 0) is 14.6 Å². The van der Waals surface area contributed by atoms with E-state index in [0.717, 1.165) is 12.8 Å². The molecule has 4 rings (SSSR count). The Morgan fingerprint density at radius 2 is 1.74 bits per heavy atom. The summed E-state index contributed by atoms with van der Waals surface area (Å²) >= 11 is 0. The lowest BCUT2D eigenvalue weighted by Crippen LogP contribution is -2.69. The SMILES string of the molecule is CC(/C=C/[C@@H](C)[C@H]1C[C@H](O)[C@H]2[C@@H]3C[C@@H](O)[C@@]4(O)C[C@@H](O)CC[C@]4(C)C3CC[C@@]21C)C(C)(O)COS(=O)(=O)O. The smallest absolute Gasteiger partial charge is 0.393 e. The predicted octanol–water partition coefficient (Wildman–Crippen LogP) is 2.46. The molecule has 4 fully saturated rings. The van der Waals surface area contributed by atoms with Crippen LogP contribution in [0.1, 0.15) is 79.6 Å². The number of hydrogen-bond acceptors (Lipinski definition) is 8. The number of fused-ring (bicyclic) bond motifs is 5. The van der Waals surface area contributed by atoms with Crippen LogP contribution < -0.4 is 0 Å². The summed E-state index contributed by atoms with van der Waals surface area (Å²) in [4.78, 5) is 0. The van der Waals surface area contributed by atoms with Crippen LogP contribution in [0.2, 0.25) is 0 Å². The van der Waals surface area contributed by atoms with Crippen molar-refractivity contribution in [3.8, 4) is 0 Å². The van der Waals surface area contributed by atoms with Crippen molar-refractivity contribution in [3.63, 3.8) is 0 Å². The second-order valence-electron chi connectivity index (χ2n) is 13.8. The molecule has 10 heteroatoms. The van der Waals surface area contributed by atoms with Crippen molar-refractivity contribution >= 4 is 10.4 Å². The van der Waals surface area contributed by atoms with E-state index in [4.69, 9.17) is 4.55 Å². The summed E-state index contributed by atoms with van der Waals surface area (Å²) in [7, 11) is -4.65. The highest BCUT2D eigenvalue weighted by Crippen LogP contribution is 2.69. The lowest BCUT2D eigenvalue weighted by molar-refractivity contribution is -0.268. The average molecular weight is 561 g/mol. The van der Waals surface area contributed by atoms with E-state index in [-0.39, 0.29) is 41.4 Å². The molecule has 9 nitrogen and oxygen atoms in total. The summed E-state index contributed by atoms with van der Waals surface area (Å²) in [5.41, 5.74) is -3.50. The Morgan fingerprint density at radius 3 is 2.37 bits per heavy atom. The van der Waals surface area contributed by atoms with E-state index in [1.165, 1.54) is 6.92 Å². The molecule has 4 saturated carbocycles. The van der Waals surface area contributed by atoms with Gasteiger partial charge in [0.05, 0.1) is 36.1 Å². The average Bonchev–Trinajstić information content (AvgIpc) is 3.08. The minimum Gasteiger partial charge on any atom is -0.393 e. The van der Waals surface area contributed by atoms with Crippen molar-refractivity contribution < 1.29 is 42.7 Å².